The van der Waals surface area contributed by atoms with Crippen LogP contribution in [0.4, 0.5) is 9.52 Å². The normalized spacial score (nSPS) is 19.5. The first-order valence-electron chi connectivity index (χ1n) is 10.5. The van der Waals surface area contributed by atoms with Crippen LogP contribution in [0.25, 0.3) is 0 Å². The van der Waals surface area contributed by atoms with Gasteiger partial charge in [0.25, 0.3) is 5.91 Å². The van der Waals surface area contributed by atoms with Gasteiger partial charge in [-0.25, -0.2) is 19.3 Å². The molecule has 19 heteroatoms. The summed E-state index contributed by atoms with van der Waals surface area (Å²) in [5.41, 5.74) is 3.11. The van der Waals surface area contributed by atoms with Crippen molar-refractivity contribution in [2.24, 2.45) is 17.2 Å². The number of anilines is 1. The van der Waals surface area contributed by atoms with Gasteiger partial charge in [0.15, 0.2) is 10.3 Å². The minimum absolute atomic E-state index is 0. The van der Waals surface area contributed by atoms with Crippen LogP contribution in [0.5, 0.6) is 0 Å². The molecule has 4 N–H and O–H groups in total. The molecule has 0 radical (unpaired) electrons. The molecule has 0 spiro atoms. The van der Waals surface area contributed by atoms with Gasteiger partial charge in [0.05, 0.1) is 6.04 Å². The summed E-state index contributed by atoms with van der Waals surface area (Å²) in [5.74, 6) is -3.10. The number of hydrogen-bond donors (Lipinski definition) is 3. The molecule has 2 aliphatic heterocycles. The van der Waals surface area contributed by atoms with Crippen molar-refractivity contribution < 1.29 is 58.6 Å². The van der Waals surface area contributed by atoms with Gasteiger partial charge < -0.3 is 20.8 Å². The van der Waals surface area contributed by atoms with Gasteiger partial charge in [0.1, 0.15) is 36.4 Å². The number of halogens is 1. The summed E-state index contributed by atoms with van der Waals surface area (Å²) >= 11 is 1.85. The Kier molecular flexibility index (Phi) is 9.47. The minimum Gasteiger partial charge on any atom is -0.857 e. The topological polar surface area (TPSA) is 221 Å². The second kappa shape index (κ2) is 12.2. The van der Waals surface area contributed by atoms with E-state index in [9.17, 15) is 33.8 Å². The zero-order chi connectivity index (χ0) is 26.9. The number of nitrogen functional groups attached to an aromatic ring is 1. The number of thiazole rings is 1. The number of aliphatic carboxylic acids is 1. The molecule has 0 unspecified atom stereocenters. The Morgan fingerprint density at radius 2 is 2.18 bits per heavy atom. The predicted octanol–water partition coefficient (Wildman–Crippen LogP) is -4.58. The fraction of sp³-hybridized carbons (Fsp3) is 0.368. The van der Waals surface area contributed by atoms with Crippen LogP contribution in [0.2, 0.25) is 0 Å². The van der Waals surface area contributed by atoms with Gasteiger partial charge in [-0.1, -0.05) is 16.9 Å². The number of carboxylic acids is 1. The first-order chi connectivity index (χ1) is 17.6. The van der Waals surface area contributed by atoms with Crippen molar-refractivity contribution in [2.75, 3.05) is 19.0 Å². The number of hydrogen-bond acceptors (Lipinski definition) is 13. The van der Waals surface area contributed by atoms with Crippen LogP contribution < -0.4 is 51.5 Å². The van der Waals surface area contributed by atoms with Crippen molar-refractivity contribution in [3.05, 3.63) is 42.4 Å². The first-order valence-corrected chi connectivity index (χ1v) is 12.2. The summed E-state index contributed by atoms with van der Waals surface area (Å²) in [6.07, 6.45) is 0.414. The van der Waals surface area contributed by atoms with Gasteiger partial charge in [-0.3, -0.25) is 28.8 Å². The average Bonchev–Trinajstić information content (AvgIpc) is 3.30. The van der Waals surface area contributed by atoms with Crippen LogP contribution in [0.15, 0.2) is 40.9 Å². The largest absolute Gasteiger partial charge is 1.00 e. The van der Waals surface area contributed by atoms with Crippen molar-refractivity contribution in [1.29, 1.82) is 0 Å². The van der Waals surface area contributed by atoms with E-state index in [1.165, 1.54) is 12.4 Å². The molecular formula is C19H18FN8NaO7S2. The molecule has 2 atom stereocenters. The fourth-order valence-electron chi connectivity index (χ4n) is 3.67. The molecule has 2 aromatic heterocycles. The number of rotatable bonds is 9. The van der Waals surface area contributed by atoms with Gasteiger partial charge in [-0.05, 0) is 12.8 Å². The smallest absolute Gasteiger partial charge is 0.857 e. The van der Waals surface area contributed by atoms with E-state index in [2.05, 4.69) is 20.2 Å². The number of allylic oxidation sites excluding steroid dienone is 1. The number of fused-ring (bicyclic) bond motifs is 1. The number of aliphatic imine (C=N–C) groups is 1. The van der Waals surface area contributed by atoms with E-state index in [0.717, 1.165) is 32.6 Å². The zero-order valence-electron chi connectivity index (χ0n) is 19.9. The number of carbonyl (C=O) groups is 2. The quantitative estimate of drug-likeness (QED) is 0.0490. The molecule has 1 saturated heterocycles. The number of alkyl halides is 1. The number of aromatic nitrogens is 4. The zero-order valence-corrected chi connectivity index (χ0v) is 23.5. The van der Waals surface area contributed by atoms with Crippen LogP contribution in [0, 0.1) is 0 Å². The van der Waals surface area contributed by atoms with Crippen molar-refractivity contribution in [3.8, 4) is 0 Å². The Morgan fingerprint density at radius 1 is 1.45 bits per heavy atom. The van der Waals surface area contributed by atoms with Crippen molar-refractivity contribution in [2.45, 2.75) is 30.1 Å². The number of nitrogens with one attached hydrogen (secondary N) is 1. The van der Waals surface area contributed by atoms with Gasteiger partial charge in [-0.15, -0.1) is 16.4 Å². The summed E-state index contributed by atoms with van der Waals surface area (Å²) in [5, 5.41) is 33.7. The summed E-state index contributed by atoms with van der Waals surface area (Å²) in [4.78, 5) is 62.2. The molecule has 0 bridgehead atoms. The van der Waals surface area contributed by atoms with Gasteiger partial charge >= 0.3 is 46.6 Å². The molecule has 4 heterocycles. The van der Waals surface area contributed by atoms with E-state index in [1.807, 2.05) is 5.10 Å². The first kappa shape index (κ1) is 29.5. The third-order valence-corrected chi connectivity index (χ3v) is 7.23. The molecular weight excluding hydrogens is 558 g/mol. The Bertz CT molecular complexity index is 1470. The number of aromatic amines is 1. The number of nitrogens with zero attached hydrogens (tertiary/aromatic N) is 6. The number of thioether (sulfide) groups is 1. The third kappa shape index (κ3) is 5.68. The molecule has 0 aliphatic carbocycles. The number of H-pyrrole nitrogens is 1. The van der Waals surface area contributed by atoms with Crippen LogP contribution >= 0.6 is 23.1 Å². The van der Waals surface area contributed by atoms with E-state index in [4.69, 9.17) is 10.6 Å². The SMILES string of the molecule is Cn1c(SC2=C(C(=O)O)N3C(=O)[C@@H](N=C([O-])/C(=N/OCCF)c4csc(N)n4)[C@H]3CC2)n[nH]c(=O)c1=O.[Na+]. The summed E-state index contributed by atoms with van der Waals surface area (Å²) in [7, 11) is 1.31. The molecule has 2 aliphatic rings. The number of carboxylic acid groups (broad SMARTS) is 1. The van der Waals surface area contributed by atoms with Crippen LogP contribution in [0.1, 0.15) is 18.5 Å². The molecule has 1 amide bonds. The standard InChI is InChI=1S/C19H19FN8O7S2.Na/c1-27-16(32)14(30)24-25-19(27)37-9-3-2-8-11(15(31)28(8)12(9)17(33)34)23-13(29)10(26-35-5-4-20)7-6-36-18(21)22-7;/h6,8,11H,2-5H2,1H3,(H2,21,22)(H,23,29)(H,24,30)(H,33,34);/q;+1/p-1/b26-10+;/t8-,11+;/m1./s1. The molecule has 196 valence electrons. The van der Waals surface area contributed by atoms with Crippen molar-refractivity contribution in [1.82, 2.24) is 24.6 Å². The fourth-order valence-corrected chi connectivity index (χ4v) is 5.25. The van der Waals surface area contributed by atoms with E-state index in [0.29, 0.717) is 0 Å². The molecule has 0 aromatic carbocycles. The molecule has 1 fully saturated rings. The minimum atomic E-state index is -1.40. The second-order valence-corrected chi connectivity index (χ2v) is 9.56. The monoisotopic (exact) mass is 576 g/mol. The van der Waals surface area contributed by atoms with Crippen LogP contribution in [-0.2, 0) is 21.5 Å². The number of β-lactam (4-membered cyclic amide) rings is 1. The van der Waals surface area contributed by atoms with Crippen molar-refractivity contribution >= 4 is 51.7 Å². The van der Waals surface area contributed by atoms with Gasteiger partial charge in [0.2, 0.25) is 0 Å². The second-order valence-electron chi connectivity index (χ2n) is 7.60. The Morgan fingerprint density at radius 3 is 2.82 bits per heavy atom. The number of amides is 1. The number of nitrogens with two attached hydrogens (primary N) is 1. The van der Waals surface area contributed by atoms with E-state index in [-0.39, 0.29) is 74.7 Å². The predicted molar refractivity (Wildman–Crippen MR) is 127 cm³/mol. The third-order valence-electron chi connectivity index (χ3n) is 5.36. The number of carbonyl (C=O) groups excluding carboxylic acids is 1. The molecule has 2 aromatic rings. The molecule has 38 heavy (non-hydrogen) atoms. The van der Waals surface area contributed by atoms with Gasteiger partial charge in [0, 0.05) is 23.2 Å². The van der Waals surface area contributed by atoms with Crippen molar-refractivity contribution in [3.63, 3.8) is 0 Å². The summed E-state index contributed by atoms with van der Waals surface area (Å²) in [6.45, 7) is -1.27. The maximum Gasteiger partial charge on any atom is 1.00 e. The average molecular weight is 577 g/mol. The Balaban J connectivity index is 0.00000400. The van der Waals surface area contributed by atoms with E-state index < -0.39 is 54.3 Å². The Hall–Kier alpha value is -3.06. The molecule has 4 rings (SSSR count). The Labute approximate surface area is 242 Å². The molecule has 15 nitrogen and oxygen atoms in total. The van der Waals surface area contributed by atoms with Gasteiger partial charge in [-0.2, -0.15) is 0 Å². The van der Waals surface area contributed by atoms with E-state index in [1.54, 1.807) is 0 Å². The van der Waals surface area contributed by atoms with Crippen LogP contribution in [-0.4, -0.2) is 78.6 Å². The molecule has 0 saturated carbocycles. The van der Waals surface area contributed by atoms with E-state index >= 15 is 0 Å². The number of oxime groups is 1. The maximum absolute atomic E-state index is 12.9. The van der Waals surface area contributed by atoms with Crippen LogP contribution in [0.3, 0.4) is 0 Å². The summed E-state index contributed by atoms with van der Waals surface area (Å²) < 4.78 is 13.4. The summed E-state index contributed by atoms with van der Waals surface area (Å²) in [6, 6.07) is -1.92. The maximum atomic E-state index is 12.9.